The maximum absolute atomic E-state index is 11.1. The zero-order chi connectivity index (χ0) is 42.5. The number of Topliss-reactive ketones (excluding diaryl/α,β-unsaturated/α-hetero) is 1. The predicted octanol–water partition coefficient (Wildman–Crippen LogP) is 10.5. The Bertz CT molecular complexity index is 841. The van der Waals surface area contributed by atoms with Crippen LogP contribution in [0.3, 0.4) is 0 Å². The van der Waals surface area contributed by atoms with Crippen LogP contribution in [-0.4, -0.2) is 43.3 Å². The third kappa shape index (κ3) is 62.5. The van der Waals surface area contributed by atoms with E-state index in [1.807, 2.05) is 40.6 Å². The van der Waals surface area contributed by atoms with E-state index in [-0.39, 0.29) is 35.6 Å². The molecule has 51 heavy (non-hydrogen) atoms. The van der Waals surface area contributed by atoms with Crippen LogP contribution in [0.4, 0.5) is 0 Å². The monoisotopic (exact) mass is 726 g/mol. The minimum absolute atomic E-state index is 0.00113. The predicted molar refractivity (Wildman–Crippen MR) is 226 cm³/mol. The third-order valence-electron chi connectivity index (χ3n) is 6.21. The number of ketones is 1. The molecule has 3 unspecified atom stereocenters. The van der Waals surface area contributed by atoms with Crippen LogP contribution in [0.5, 0.6) is 0 Å². The Morgan fingerprint density at radius 2 is 1.20 bits per heavy atom. The molecule has 2 amide bonds. The lowest BCUT2D eigenvalue weighted by atomic mass is 9.80. The summed E-state index contributed by atoms with van der Waals surface area (Å²) in [5.74, 6) is 1.46. The molecule has 0 radical (unpaired) electrons. The average molecular weight is 726 g/mol. The molecule has 0 bridgehead atoms. The number of carbonyl (C=O) groups is 5. The molecule has 8 heteroatoms. The Morgan fingerprint density at radius 3 is 1.41 bits per heavy atom. The summed E-state index contributed by atoms with van der Waals surface area (Å²) in [6, 6.07) is 10.4. The van der Waals surface area contributed by atoms with Crippen molar-refractivity contribution in [3.63, 3.8) is 0 Å². The SMILES string of the molecule is C=C(CC(C)=O)C(CCC)C(C)CCCC.C=O.CC.CC.CC(C)(C)NC(C=O)C(C)(C)C.CCC.CCc1ccccc1.NC=O.NC=O. The maximum Gasteiger partial charge on any atom is 0.204 e. The number of hydrogen-bond donors (Lipinski definition) is 3. The van der Waals surface area contributed by atoms with Gasteiger partial charge in [0.1, 0.15) is 18.9 Å². The molecule has 0 heterocycles. The van der Waals surface area contributed by atoms with Gasteiger partial charge in [-0.25, -0.2) is 0 Å². The molecule has 0 spiro atoms. The van der Waals surface area contributed by atoms with Gasteiger partial charge in [-0.3, -0.25) is 14.4 Å². The first-order valence-corrected chi connectivity index (χ1v) is 18.9. The lowest BCUT2D eigenvalue weighted by Gasteiger charge is -2.33. The molecular formula is C43H87N3O5. The average Bonchev–Trinajstić information content (AvgIpc) is 3.08. The minimum Gasteiger partial charge on any atom is -0.372 e. The molecule has 0 aliphatic heterocycles. The number of nitrogens with one attached hydrogen (secondary N) is 1. The van der Waals surface area contributed by atoms with E-state index in [4.69, 9.17) is 14.4 Å². The van der Waals surface area contributed by atoms with Crippen LogP contribution in [0.15, 0.2) is 42.5 Å². The molecule has 0 aliphatic rings. The highest BCUT2D eigenvalue weighted by Gasteiger charge is 2.27. The van der Waals surface area contributed by atoms with E-state index in [0.717, 1.165) is 18.3 Å². The number of allylic oxidation sites excluding steroid dienone is 1. The van der Waals surface area contributed by atoms with Gasteiger partial charge in [0.25, 0.3) is 0 Å². The van der Waals surface area contributed by atoms with Crippen molar-refractivity contribution >= 4 is 31.7 Å². The molecule has 0 saturated carbocycles. The summed E-state index contributed by atoms with van der Waals surface area (Å²) in [5.41, 5.74) is 10.9. The first kappa shape index (κ1) is 66.2. The number of aldehydes is 1. The largest absolute Gasteiger partial charge is 0.372 e. The number of hydrogen-bond acceptors (Lipinski definition) is 6. The molecule has 1 rings (SSSR count). The number of amides is 2. The smallest absolute Gasteiger partial charge is 0.204 e. The zero-order valence-corrected chi connectivity index (χ0v) is 36.6. The first-order valence-electron chi connectivity index (χ1n) is 18.9. The standard InChI is InChI=1S/C15H28O.C10H21NO.C8H10.C3H8.2C2H6.2CH3NO.CH2O/c1-6-8-10-12(3)15(9-7-2)13(4)11-14(5)16;1-9(2,3)8(7-12)11-10(4,5)6;1-2-8-6-4-3-5-7-8;1-3-2;2*1-2;2*2-1-3;1-2/h12,15H,4,6-11H2,1-3,5H3;7-8,11H,1-6H3;3-7H,2H2,1H3;3H2,1-2H3;2*1-2H3;2*1H,(H2,2,3);1H2. The Labute approximate surface area is 317 Å². The van der Waals surface area contributed by atoms with Crippen LogP contribution in [0.25, 0.3) is 0 Å². The van der Waals surface area contributed by atoms with Gasteiger partial charge in [-0.2, -0.15) is 0 Å². The molecular weight excluding hydrogens is 638 g/mol. The highest BCUT2D eigenvalue weighted by Crippen LogP contribution is 2.30. The van der Waals surface area contributed by atoms with E-state index in [0.29, 0.717) is 18.3 Å². The Morgan fingerprint density at radius 1 is 0.804 bits per heavy atom. The summed E-state index contributed by atoms with van der Waals surface area (Å²) in [5, 5.41) is 3.28. The van der Waals surface area contributed by atoms with E-state index >= 15 is 0 Å². The summed E-state index contributed by atoms with van der Waals surface area (Å²) in [7, 11) is 0. The lowest BCUT2D eigenvalue weighted by molar-refractivity contribution is -0.116. The second kappa shape index (κ2) is 51.2. The molecule has 1 aromatic carbocycles. The normalized spacial score (nSPS) is 10.8. The van der Waals surface area contributed by atoms with Crippen LogP contribution in [0.2, 0.25) is 0 Å². The van der Waals surface area contributed by atoms with Crippen molar-refractivity contribution in [1.82, 2.24) is 5.32 Å². The Hall–Kier alpha value is -3.13. The van der Waals surface area contributed by atoms with Gasteiger partial charge in [-0.05, 0) is 63.4 Å². The van der Waals surface area contributed by atoms with Gasteiger partial charge in [-0.15, -0.1) is 0 Å². The van der Waals surface area contributed by atoms with Gasteiger partial charge in [0.15, 0.2) is 0 Å². The van der Waals surface area contributed by atoms with Crippen molar-refractivity contribution in [3.8, 4) is 0 Å². The number of unbranched alkanes of at least 4 members (excludes halogenated alkanes) is 1. The lowest BCUT2D eigenvalue weighted by Crippen LogP contribution is -2.50. The van der Waals surface area contributed by atoms with Gasteiger partial charge < -0.3 is 26.4 Å². The van der Waals surface area contributed by atoms with E-state index in [2.05, 4.69) is 131 Å². The Balaban J connectivity index is -0.0000000776. The maximum atomic E-state index is 11.1. The van der Waals surface area contributed by atoms with Crippen LogP contribution in [-0.2, 0) is 30.4 Å². The molecule has 0 fully saturated rings. The fraction of sp³-hybridized carbons (Fsp3) is 0.698. The number of nitrogens with two attached hydrogens (primary N) is 2. The molecule has 0 aliphatic carbocycles. The zero-order valence-electron chi connectivity index (χ0n) is 36.6. The van der Waals surface area contributed by atoms with Crippen molar-refractivity contribution in [3.05, 3.63) is 48.0 Å². The molecule has 8 nitrogen and oxygen atoms in total. The van der Waals surface area contributed by atoms with Gasteiger partial charge in [-0.1, -0.05) is 165 Å². The number of benzene rings is 1. The highest BCUT2D eigenvalue weighted by atomic mass is 16.1. The topological polar surface area (TPSA) is 149 Å². The van der Waals surface area contributed by atoms with Gasteiger partial charge in [0, 0.05) is 12.0 Å². The Kier molecular flexibility index (Phi) is 66.5. The van der Waals surface area contributed by atoms with E-state index in [1.54, 1.807) is 6.92 Å². The molecule has 0 saturated heterocycles. The van der Waals surface area contributed by atoms with E-state index < -0.39 is 0 Å². The molecule has 304 valence electrons. The van der Waals surface area contributed by atoms with Gasteiger partial charge >= 0.3 is 0 Å². The second-order valence-electron chi connectivity index (χ2n) is 13.2. The molecule has 1 aromatic rings. The number of carbonyl (C=O) groups excluding carboxylic acids is 5. The number of primary amides is 2. The highest BCUT2D eigenvalue weighted by molar-refractivity contribution is 5.78. The van der Waals surface area contributed by atoms with Crippen LogP contribution in [0, 0.1) is 17.3 Å². The number of rotatable bonds is 12. The summed E-state index contributed by atoms with van der Waals surface area (Å²) >= 11 is 0. The van der Waals surface area contributed by atoms with Crippen LogP contribution in [0.1, 0.15) is 168 Å². The first-order chi connectivity index (χ1) is 23.9. The van der Waals surface area contributed by atoms with Gasteiger partial charge in [0.2, 0.25) is 12.8 Å². The van der Waals surface area contributed by atoms with Crippen LogP contribution >= 0.6 is 0 Å². The molecule has 3 atom stereocenters. The van der Waals surface area contributed by atoms with Crippen molar-refractivity contribution in [2.45, 2.75) is 181 Å². The molecule has 5 N–H and O–H groups in total. The summed E-state index contributed by atoms with van der Waals surface area (Å²) < 4.78 is 0. The van der Waals surface area contributed by atoms with Crippen molar-refractivity contribution in [1.29, 1.82) is 0 Å². The van der Waals surface area contributed by atoms with Crippen molar-refractivity contribution < 1.29 is 24.0 Å². The van der Waals surface area contributed by atoms with Gasteiger partial charge in [0.05, 0.1) is 6.04 Å². The quantitative estimate of drug-likeness (QED) is 0.144. The molecule has 0 aromatic heterocycles. The van der Waals surface area contributed by atoms with Crippen molar-refractivity contribution in [2.24, 2.45) is 28.7 Å². The number of aryl methyl sites for hydroxylation is 1. The van der Waals surface area contributed by atoms with E-state index in [9.17, 15) is 9.59 Å². The minimum atomic E-state index is -0.0718. The summed E-state index contributed by atoms with van der Waals surface area (Å²) in [6.07, 6.45) is 10.6. The summed E-state index contributed by atoms with van der Waals surface area (Å²) in [6.45, 7) is 41.3. The summed E-state index contributed by atoms with van der Waals surface area (Å²) in [4.78, 5) is 47.1. The third-order valence-corrected chi connectivity index (χ3v) is 6.21. The fourth-order valence-electron chi connectivity index (χ4n) is 4.02. The second-order valence-corrected chi connectivity index (χ2v) is 13.2. The fourth-order valence-corrected chi connectivity index (χ4v) is 4.02. The van der Waals surface area contributed by atoms with Crippen LogP contribution < -0.4 is 16.8 Å². The van der Waals surface area contributed by atoms with E-state index in [1.165, 1.54) is 44.1 Å². The van der Waals surface area contributed by atoms with Crippen molar-refractivity contribution in [2.75, 3.05) is 0 Å².